The summed E-state index contributed by atoms with van der Waals surface area (Å²) in [5.74, 6) is 1.05. The Kier molecular flexibility index (Phi) is 9.35. The summed E-state index contributed by atoms with van der Waals surface area (Å²) < 4.78 is 28.3. The molecule has 0 atom stereocenters. The molecule has 1 amide bonds. The Morgan fingerprint density at radius 3 is 2.71 bits per heavy atom. The molecule has 2 aliphatic heterocycles. The van der Waals surface area contributed by atoms with E-state index in [0.717, 1.165) is 45.4 Å². The summed E-state index contributed by atoms with van der Waals surface area (Å²) in [6.45, 7) is 7.06. The number of nitrogen functional groups attached to an aromatic ring is 1. The molecule has 13 heteroatoms. The first-order valence-corrected chi connectivity index (χ1v) is 14.4. The number of carbonyl (C=O) groups excluding carboxylic acids is 1. The Hall–Kier alpha value is -3.71. The number of nitrogens with one attached hydrogen (secondary N) is 2. The summed E-state index contributed by atoms with van der Waals surface area (Å²) in [4.78, 5) is 25.2. The van der Waals surface area contributed by atoms with Crippen LogP contribution in [0.5, 0.6) is 5.75 Å². The minimum absolute atomic E-state index is 0.0743. The molecule has 0 saturated carbocycles. The maximum atomic E-state index is 15.5. The van der Waals surface area contributed by atoms with E-state index in [-0.39, 0.29) is 24.2 Å². The van der Waals surface area contributed by atoms with Gasteiger partial charge in [0, 0.05) is 63.6 Å². The van der Waals surface area contributed by atoms with E-state index in [1.807, 2.05) is 9.80 Å². The number of halogens is 1. The molecule has 0 aliphatic carbocycles. The quantitative estimate of drug-likeness (QED) is 0.295. The van der Waals surface area contributed by atoms with Crippen molar-refractivity contribution in [3.05, 3.63) is 29.7 Å². The maximum Gasteiger partial charge on any atom is 0.236 e. The number of methoxy groups -OCH3 is 1. The number of anilines is 3. The fourth-order valence-electron chi connectivity index (χ4n) is 5.39. The Morgan fingerprint density at radius 1 is 1.20 bits per heavy atom. The zero-order valence-corrected chi connectivity index (χ0v) is 23.9. The first-order valence-electron chi connectivity index (χ1n) is 14.4. The van der Waals surface area contributed by atoms with Crippen molar-refractivity contribution in [2.45, 2.75) is 45.2 Å². The molecular formula is C28H40FN9O3. The molecule has 2 aromatic heterocycles. The van der Waals surface area contributed by atoms with Gasteiger partial charge in [-0.3, -0.25) is 9.48 Å². The van der Waals surface area contributed by atoms with Crippen molar-refractivity contribution in [1.82, 2.24) is 30.0 Å². The lowest BCUT2D eigenvalue weighted by Gasteiger charge is -2.37. The number of piperazine rings is 1. The number of aromatic nitrogens is 4. The van der Waals surface area contributed by atoms with Crippen LogP contribution in [-0.4, -0.2) is 96.2 Å². The number of amides is 1. The standard InChI is InChI=1S/C28H40FN9O3/c1-3-4-7-31-27-26-22(34-28(30)35-27)16-33-38(26)18-19-14-21(29)23(15-24(19)40-2)36-8-10-37(11-9-36)25(39)17-32-20-5-12-41-13-6-20/h14-16,20,32H,3-13,17-18H2,1-2H3,(H3,30,31,34,35). The van der Waals surface area contributed by atoms with Crippen LogP contribution in [-0.2, 0) is 16.1 Å². The number of nitrogens with zero attached hydrogens (tertiary/aromatic N) is 6. The van der Waals surface area contributed by atoms with Crippen molar-refractivity contribution >= 4 is 34.4 Å². The number of ether oxygens (including phenoxy) is 2. The lowest BCUT2D eigenvalue weighted by Crippen LogP contribution is -2.52. The molecule has 4 heterocycles. The van der Waals surface area contributed by atoms with Gasteiger partial charge in [0.15, 0.2) is 5.82 Å². The van der Waals surface area contributed by atoms with E-state index >= 15 is 4.39 Å². The fraction of sp³-hybridized carbons (Fsp3) is 0.571. The van der Waals surface area contributed by atoms with Gasteiger partial charge in [0.25, 0.3) is 0 Å². The third-order valence-electron chi connectivity index (χ3n) is 7.73. The van der Waals surface area contributed by atoms with Gasteiger partial charge in [0.05, 0.1) is 32.1 Å². The predicted octanol–water partition coefficient (Wildman–Crippen LogP) is 2.23. The van der Waals surface area contributed by atoms with Gasteiger partial charge in [-0.25, -0.2) is 9.37 Å². The van der Waals surface area contributed by atoms with Gasteiger partial charge in [-0.05, 0) is 25.3 Å². The fourth-order valence-corrected chi connectivity index (χ4v) is 5.39. The van der Waals surface area contributed by atoms with Crippen molar-refractivity contribution < 1.29 is 18.7 Å². The van der Waals surface area contributed by atoms with Gasteiger partial charge in [-0.15, -0.1) is 0 Å². The monoisotopic (exact) mass is 569 g/mol. The van der Waals surface area contributed by atoms with Crippen LogP contribution >= 0.6 is 0 Å². The molecule has 2 aliphatic rings. The molecule has 5 rings (SSSR count). The lowest BCUT2D eigenvalue weighted by molar-refractivity contribution is -0.130. The third-order valence-corrected chi connectivity index (χ3v) is 7.73. The van der Waals surface area contributed by atoms with Crippen LogP contribution in [0.3, 0.4) is 0 Å². The average molecular weight is 570 g/mol. The number of hydrogen-bond acceptors (Lipinski definition) is 10. The van der Waals surface area contributed by atoms with Gasteiger partial charge in [-0.2, -0.15) is 10.1 Å². The van der Waals surface area contributed by atoms with Crippen LogP contribution in [0.25, 0.3) is 11.0 Å². The van der Waals surface area contributed by atoms with Crippen LogP contribution in [0, 0.1) is 5.82 Å². The highest BCUT2D eigenvalue weighted by atomic mass is 19.1. The Morgan fingerprint density at radius 2 is 1.98 bits per heavy atom. The number of rotatable bonds is 11. The van der Waals surface area contributed by atoms with Crippen molar-refractivity contribution in [1.29, 1.82) is 0 Å². The Labute approximate surface area is 239 Å². The second-order valence-electron chi connectivity index (χ2n) is 10.5. The van der Waals surface area contributed by atoms with E-state index in [2.05, 4.69) is 32.6 Å². The second kappa shape index (κ2) is 13.3. The van der Waals surface area contributed by atoms with Crippen molar-refractivity contribution in [3.63, 3.8) is 0 Å². The highest BCUT2D eigenvalue weighted by molar-refractivity contribution is 5.86. The van der Waals surface area contributed by atoms with E-state index in [1.165, 1.54) is 6.07 Å². The second-order valence-corrected chi connectivity index (χ2v) is 10.5. The zero-order valence-electron chi connectivity index (χ0n) is 23.9. The summed E-state index contributed by atoms with van der Waals surface area (Å²) in [6, 6.07) is 3.55. The van der Waals surface area contributed by atoms with Crippen LogP contribution < -0.4 is 26.0 Å². The summed E-state index contributed by atoms with van der Waals surface area (Å²) >= 11 is 0. The molecule has 41 heavy (non-hydrogen) atoms. The molecule has 0 radical (unpaired) electrons. The van der Waals surface area contributed by atoms with Crippen LogP contribution in [0.15, 0.2) is 18.3 Å². The predicted molar refractivity (Wildman–Crippen MR) is 156 cm³/mol. The molecule has 1 aromatic carbocycles. The number of unbranched alkanes of at least 4 members (excludes halogenated alkanes) is 1. The topological polar surface area (TPSA) is 136 Å². The largest absolute Gasteiger partial charge is 0.496 e. The van der Waals surface area contributed by atoms with Gasteiger partial charge in [-0.1, -0.05) is 13.3 Å². The van der Waals surface area contributed by atoms with Gasteiger partial charge >= 0.3 is 0 Å². The highest BCUT2D eigenvalue weighted by Crippen LogP contribution is 2.31. The van der Waals surface area contributed by atoms with E-state index in [4.69, 9.17) is 15.2 Å². The summed E-state index contributed by atoms with van der Waals surface area (Å²) in [5, 5.41) is 11.2. The van der Waals surface area contributed by atoms with Gasteiger partial charge in [0.1, 0.15) is 22.6 Å². The third kappa shape index (κ3) is 6.79. The maximum absolute atomic E-state index is 15.5. The van der Waals surface area contributed by atoms with Crippen molar-refractivity contribution in [2.24, 2.45) is 0 Å². The minimum Gasteiger partial charge on any atom is -0.496 e. The molecule has 0 bridgehead atoms. The summed E-state index contributed by atoms with van der Waals surface area (Å²) in [7, 11) is 1.57. The normalized spacial score (nSPS) is 16.4. The average Bonchev–Trinajstić information content (AvgIpc) is 3.39. The SMILES string of the molecule is CCCCNc1nc(N)nc2cnn(Cc3cc(F)c(N4CCN(C(=O)CNC5CCOCC5)CC4)cc3OC)c12. The number of hydrogen-bond donors (Lipinski definition) is 3. The number of carbonyl (C=O) groups is 1. The van der Waals surface area contributed by atoms with Crippen molar-refractivity contribution in [2.75, 3.05) is 75.5 Å². The number of fused-ring (bicyclic) bond motifs is 1. The first-order chi connectivity index (χ1) is 20.0. The molecule has 12 nitrogen and oxygen atoms in total. The number of nitrogens with two attached hydrogens (primary N) is 1. The van der Waals surface area contributed by atoms with Crippen molar-refractivity contribution in [3.8, 4) is 5.75 Å². The Balaban J connectivity index is 1.26. The Bertz CT molecular complexity index is 1340. The van der Waals surface area contributed by atoms with Gasteiger partial charge in [0.2, 0.25) is 11.9 Å². The molecular weight excluding hydrogens is 529 g/mol. The minimum atomic E-state index is -0.347. The highest BCUT2D eigenvalue weighted by Gasteiger charge is 2.25. The molecule has 0 unspecified atom stereocenters. The van der Waals surface area contributed by atoms with E-state index in [1.54, 1.807) is 24.1 Å². The van der Waals surface area contributed by atoms with Crippen LogP contribution in [0.4, 0.5) is 21.8 Å². The summed E-state index contributed by atoms with van der Waals surface area (Å²) in [5.41, 5.74) is 8.33. The van der Waals surface area contributed by atoms with Crippen LogP contribution in [0.2, 0.25) is 0 Å². The molecule has 2 fully saturated rings. The smallest absolute Gasteiger partial charge is 0.236 e. The summed E-state index contributed by atoms with van der Waals surface area (Å²) in [6.07, 6.45) is 5.51. The molecule has 4 N–H and O–H groups in total. The lowest BCUT2D eigenvalue weighted by atomic mass is 10.1. The molecule has 3 aromatic rings. The van der Waals surface area contributed by atoms with E-state index in [9.17, 15) is 4.79 Å². The number of benzene rings is 1. The first kappa shape index (κ1) is 28.8. The van der Waals surface area contributed by atoms with Gasteiger partial charge < -0.3 is 35.6 Å². The zero-order chi connectivity index (χ0) is 28.8. The molecule has 0 spiro atoms. The van der Waals surface area contributed by atoms with Crippen LogP contribution in [0.1, 0.15) is 38.2 Å². The van der Waals surface area contributed by atoms with E-state index in [0.29, 0.717) is 72.6 Å². The molecule has 222 valence electrons. The van der Waals surface area contributed by atoms with E-state index < -0.39 is 0 Å². The molecule has 2 saturated heterocycles.